The first-order chi connectivity index (χ1) is 9.46. The summed E-state index contributed by atoms with van der Waals surface area (Å²) in [6.07, 6.45) is 3.43. The van der Waals surface area contributed by atoms with Crippen molar-refractivity contribution in [2.45, 2.75) is 25.8 Å². The zero-order valence-electron chi connectivity index (χ0n) is 11.3. The molecule has 5 heteroatoms. The van der Waals surface area contributed by atoms with Gasteiger partial charge in [0.1, 0.15) is 0 Å². The maximum absolute atomic E-state index is 12.5. The molecule has 2 aliphatic rings. The van der Waals surface area contributed by atoms with Gasteiger partial charge in [-0.25, -0.2) is 8.42 Å². The van der Waals surface area contributed by atoms with Crippen molar-refractivity contribution in [2.75, 3.05) is 10.7 Å². The molecule has 1 aliphatic heterocycles. The second-order valence-electron chi connectivity index (χ2n) is 5.54. The van der Waals surface area contributed by atoms with E-state index in [0.717, 1.165) is 24.1 Å². The quantitative estimate of drug-likeness (QED) is 0.856. The van der Waals surface area contributed by atoms with Crippen LogP contribution in [0.2, 0.25) is 0 Å². The zero-order chi connectivity index (χ0) is 14.3. The molecule has 0 unspecified atom stereocenters. The normalized spacial score (nSPS) is 23.8. The molecular weight excluding hydrogens is 274 g/mol. The van der Waals surface area contributed by atoms with E-state index in [1.54, 1.807) is 11.0 Å². The Morgan fingerprint density at radius 1 is 1.20 bits per heavy atom. The summed E-state index contributed by atoms with van der Waals surface area (Å²) in [6, 6.07) is 7.27. The first-order valence-electron chi connectivity index (χ1n) is 6.77. The molecule has 0 saturated heterocycles. The lowest BCUT2D eigenvalue weighted by Gasteiger charge is -2.28. The highest BCUT2D eigenvalue weighted by Crippen LogP contribution is 2.35. The van der Waals surface area contributed by atoms with Crippen molar-refractivity contribution in [2.24, 2.45) is 5.92 Å². The summed E-state index contributed by atoms with van der Waals surface area (Å²) >= 11 is 0. The Morgan fingerprint density at radius 2 is 1.85 bits per heavy atom. The SMILES string of the molecule is Cc1ccc(N(C(=O)C2CC2)[C@H]2C=CS(=O)(=O)C2)cc1. The van der Waals surface area contributed by atoms with E-state index in [2.05, 4.69) is 0 Å². The summed E-state index contributed by atoms with van der Waals surface area (Å²) in [6.45, 7) is 1.98. The Kier molecular flexibility index (Phi) is 3.17. The number of anilines is 1. The number of rotatable bonds is 3. The minimum Gasteiger partial charge on any atom is -0.304 e. The number of aryl methyl sites for hydroxylation is 1. The van der Waals surface area contributed by atoms with Gasteiger partial charge in [-0.1, -0.05) is 17.7 Å². The van der Waals surface area contributed by atoms with E-state index < -0.39 is 9.84 Å². The summed E-state index contributed by atoms with van der Waals surface area (Å²) in [5.74, 6) is 0.0906. The van der Waals surface area contributed by atoms with E-state index in [-0.39, 0.29) is 23.6 Å². The van der Waals surface area contributed by atoms with Crippen molar-refractivity contribution >= 4 is 21.4 Å². The van der Waals surface area contributed by atoms with Gasteiger partial charge in [0.15, 0.2) is 9.84 Å². The molecule has 0 spiro atoms. The van der Waals surface area contributed by atoms with E-state index >= 15 is 0 Å². The standard InChI is InChI=1S/C15H17NO3S/c1-11-2-6-13(7-3-11)16(15(17)12-4-5-12)14-8-9-20(18,19)10-14/h2-3,6-9,12,14H,4-5,10H2,1H3/t14-/m0/s1. The van der Waals surface area contributed by atoms with Gasteiger partial charge in [0.25, 0.3) is 0 Å². The maximum Gasteiger partial charge on any atom is 0.230 e. The van der Waals surface area contributed by atoms with Crippen LogP contribution in [0.15, 0.2) is 35.7 Å². The molecule has 0 N–H and O–H groups in total. The molecule has 106 valence electrons. The lowest BCUT2D eigenvalue weighted by Crippen LogP contribution is -2.42. The smallest absolute Gasteiger partial charge is 0.230 e. The average Bonchev–Trinajstić information content (AvgIpc) is 3.17. The molecule has 4 nitrogen and oxygen atoms in total. The molecule has 0 bridgehead atoms. The third-order valence-corrected chi connectivity index (χ3v) is 5.10. The molecule has 1 amide bonds. The van der Waals surface area contributed by atoms with Crippen molar-refractivity contribution in [1.29, 1.82) is 0 Å². The molecule has 0 radical (unpaired) electrons. The molecule has 0 aromatic heterocycles. The highest BCUT2D eigenvalue weighted by Gasteiger charge is 2.39. The zero-order valence-corrected chi connectivity index (χ0v) is 12.1. The summed E-state index contributed by atoms with van der Waals surface area (Å²) in [7, 11) is -3.17. The summed E-state index contributed by atoms with van der Waals surface area (Å²) < 4.78 is 23.2. The van der Waals surface area contributed by atoms with Crippen LogP contribution < -0.4 is 4.90 Å². The minimum absolute atomic E-state index is 0.0145. The van der Waals surface area contributed by atoms with Crippen LogP contribution in [0.5, 0.6) is 0 Å². The van der Waals surface area contributed by atoms with Gasteiger partial charge < -0.3 is 4.90 Å². The van der Waals surface area contributed by atoms with Crippen LogP contribution >= 0.6 is 0 Å². The lowest BCUT2D eigenvalue weighted by atomic mass is 10.1. The van der Waals surface area contributed by atoms with Crippen LogP contribution in [0.4, 0.5) is 5.69 Å². The molecular formula is C15H17NO3S. The summed E-state index contributed by atoms with van der Waals surface area (Å²) in [4.78, 5) is 14.1. The molecule has 1 atom stereocenters. The van der Waals surface area contributed by atoms with Gasteiger partial charge in [-0.05, 0) is 38.0 Å². The number of carbonyl (C=O) groups is 1. The van der Waals surface area contributed by atoms with Gasteiger partial charge >= 0.3 is 0 Å². The fraction of sp³-hybridized carbons (Fsp3) is 0.400. The van der Waals surface area contributed by atoms with Gasteiger partial charge in [-0.15, -0.1) is 0 Å². The predicted molar refractivity (Wildman–Crippen MR) is 78.1 cm³/mol. The van der Waals surface area contributed by atoms with Gasteiger partial charge in [0.2, 0.25) is 5.91 Å². The monoisotopic (exact) mass is 291 g/mol. The number of amides is 1. The first kappa shape index (κ1) is 13.4. The molecule has 1 aromatic carbocycles. The Morgan fingerprint density at radius 3 is 2.35 bits per heavy atom. The summed E-state index contributed by atoms with van der Waals surface area (Å²) in [5.41, 5.74) is 1.89. The minimum atomic E-state index is -3.17. The van der Waals surface area contributed by atoms with E-state index in [4.69, 9.17) is 0 Å². The predicted octanol–water partition coefficient (Wildman–Crippen LogP) is 2.05. The van der Waals surface area contributed by atoms with Crippen LogP contribution in [-0.4, -0.2) is 26.1 Å². The van der Waals surface area contributed by atoms with E-state index in [1.807, 2.05) is 31.2 Å². The third-order valence-electron chi connectivity index (χ3n) is 3.72. The van der Waals surface area contributed by atoms with E-state index in [9.17, 15) is 13.2 Å². The Bertz CT molecular complexity index is 657. The fourth-order valence-corrected chi connectivity index (χ4v) is 3.70. The van der Waals surface area contributed by atoms with Crippen molar-refractivity contribution in [3.63, 3.8) is 0 Å². The van der Waals surface area contributed by atoms with Crippen LogP contribution in [0.3, 0.4) is 0 Å². The number of sulfone groups is 1. The number of benzene rings is 1. The van der Waals surface area contributed by atoms with Crippen molar-refractivity contribution in [1.82, 2.24) is 0 Å². The number of hydrogen-bond donors (Lipinski definition) is 0. The van der Waals surface area contributed by atoms with Crippen LogP contribution in [0, 0.1) is 12.8 Å². The van der Waals surface area contributed by atoms with Crippen molar-refractivity contribution in [3.8, 4) is 0 Å². The third kappa shape index (κ3) is 2.63. The molecule has 1 aromatic rings. The van der Waals surface area contributed by atoms with Crippen LogP contribution in [-0.2, 0) is 14.6 Å². The highest BCUT2D eigenvalue weighted by molar-refractivity contribution is 7.94. The van der Waals surface area contributed by atoms with Gasteiger partial charge in [-0.3, -0.25) is 4.79 Å². The first-order valence-corrected chi connectivity index (χ1v) is 8.48. The second kappa shape index (κ2) is 4.74. The topological polar surface area (TPSA) is 54.5 Å². The lowest BCUT2D eigenvalue weighted by molar-refractivity contribution is -0.120. The molecule has 1 heterocycles. The molecule has 3 rings (SSSR count). The summed E-state index contributed by atoms with van der Waals surface area (Å²) in [5, 5.41) is 1.22. The average molecular weight is 291 g/mol. The van der Waals surface area contributed by atoms with E-state index in [1.165, 1.54) is 5.41 Å². The van der Waals surface area contributed by atoms with Crippen molar-refractivity contribution < 1.29 is 13.2 Å². The van der Waals surface area contributed by atoms with Gasteiger partial charge in [-0.2, -0.15) is 0 Å². The molecule has 20 heavy (non-hydrogen) atoms. The number of hydrogen-bond acceptors (Lipinski definition) is 3. The second-order valence-corrected chi connectivity index (χ2v) is 7.47. The number of nitrogens with zero attached hydrogens (tertiary/aromatic N) is 1. The molecule has 1 saturated carbocycles. The van der Waals surface area contributed by atoms with Crippen LogP contribution in [0.25, 0.3) is 0 Å². The molecule has 1 aliphatic carbocycles. The maximum atomic E-state index is 12.5. The van der Waals surface area contributed by atoms with E-state index in [0.29, 0.717) is 0 Å². The number of carbonyl (C=O) groups excluding carboxylic acids is 1. The fourth-order valence-electron chi connectivity index (χ4n) is 2.43. The Labute approximate surface area is 119 Å². The highest BCUT2D eigenvalue weighted by atomic mass is 32.2. The Hall–Kier alpha value is -1.62. The van der Waals surface area contributed by atoms with Crippen molar-refractivity contribution in [3.05, 3.63) is 41.3 Å². The largest absolute Gasteiger partial charge is 0.304 e. The van der Waals surface area contributed by atoms with Gasteiger partial charge in [0.05, 0.1) is 11.8 Å². The molecule has 1 fully saturated rings. The van der Waals surface area contributed by atoms with Crippen LogP contribution in [0.1, 0.15) is 18.4 Å². The van der Waals surface area contributed by atoms with Gasteiger partial charge in [0, 0.05) is 17.0 Å². The Balaban J connectivity index is 1.94.